The van der Waals surface area contributed by atoms with Crippen LogP contribution in [0.3, 0.4) is 0 Å². The summed E-state index contributed by atoms with van der Waals surface area (Å²) in [4.78, 5) is 11.2. The van der Waals surface area contributed by atoms with E-state index < -0.39 is 63.8 Å². The number of halogens is 15. The summed E-state index contributed by atoms with van der Waals surface area (Å²) in [7, 11) is 1.04. The quantitative estimate of drug-likeness (QED) is 0.0872. The number of carbonyl (C=O) groups is 1. The Morgan fingerprint density at radius 1 is 0.789 bits per heavy atom. The van der Waals surface area contributed by atoms with Crippen molar-refractivity contribution in [3.63, 3.8) is 0 Å². The molecular formula is C15H19ClF14N2O5S. The van der Waals surface area contributed by atoms with Gasteiger partial charge in [-0.15, -0.1) is 0 Å². The molecule has 1 amide bonds. The van der Waals surface area contributed by atoms with E-state index in [0.717, 1.165) is 12.4 Å². The van der Waals surface area contributed by atoms with Gasteiger partial charge in [0.2, 0.25) is 10.4 Å². The minimum atomic E-state index is -8.25. The molecule has 0 aliphatic heterocycles. The van der Waals surface area contributed by atoms with Crippen LogP contribution in [0.5, 0.6) is 0 Å². The normalized spacial score (nSPS) is 15.1. The molecule has 0 aliphatic rings. The fraction of sp³-hybridized carbons (Fsp3) is 0.933. The molecule has 1 N–H and O–H groups in total. The van der Waals surface area contributed by atoms with Crippen LogP contribution in [0.1, 0.15) is 6.42 Å². The summed E-state index contributed by atoms with van der Waals surface area (Å²) >= 11 is 3.48. The lowest BCUT2D eigenvalue weighted by molar-refractivity contribution is -0.870. The Labute approximate surface area is 210 Å². The van der Waals surface area contributed by atoms with Crippen molar-refractivity contribution in [2.75, 3.05) is 41.3 Å². The maximum Gasteiger partial charge on any atom is 0.393 e. The molecule has 0 aliphatic carbocycles. The van der Waals surface area contributed by atoms with Gasteiger partial charge in [0, 0.05) is 13.0 Å². The molecule has 0 radical (unpaired) electrons. The average molecular weight is 641 g/mol. The zero-order chi connectivity index (χ0) is 31.6. The zero-order valence-electron chi connectivity index (χ0n) is 19.2. The van der Waals surface area contributed by atoms with E-state index in [1.165, 1.54) is 0 Å². The lowest BCUT2D eigenvalue weighted by Gasteiger charge is -2.41. The van der Waals surface area contributed by atoms with Gasteiger partial charge in [0.05, 0.1) is 34.8 Å². The minimum Gasteiger partial charge on any atom is -0.726 e. The molecule has 0 aromatic carbocycles. The smallest absolute Gasteiger partial charge is 0.393 e. The number of hydrogen-bond donors (Lipinski definition) is 1. The van der Waals surface area contributed by atoms with Crippen LogP contribution in [-0.4, -0.2) is 106 Å². The summed E-state index contributed by atoms with van der Waals surface area (Å²) in [6.45, 7) is -0.806. The Morgan fingerprint density at radius 2 is 1.11 bits per heavy atom. The summed E-state index contributed by atoms with van der Waals surface area (Å²) < 4.78 is 217. The molecule has 0 heterocycles. The van der Waals surface area contributed by atoms with Gasteiger partial charge in [-0.05, 0) is 11.6 Å². The number of amides is 1. The van der Waals surface area contributed by atoms with E-state index in [1.807, 2.05) is 0 Å². The van der Waals surface area contributed by atoms with Crippen LogP contribution in [0.15, 0.2) is 0 Å². The molecule has 0 atom stereocenters. The summed E-state index contributed by atoms with van der Waals surface area (Å²) in [5, 5.41) is -5.71. The van der Waals surface area contributed by atoms with Crippen molar-refractivity contribution in [3.8, 4) is 0 Å². The van der Waals surface area contributed by atoms with Crippen molar-refractivity contribution in [1.82, 2.24) is 5.32 Å². The molecule has 0 rings (SSSR count). The number of hydrogen-bond acceptors (Lipinski definition) is 5. The minimum absolute atomic E-state index is 0.0877. The highest BCUT2D eigenvalue weighted by atomic mass is 35.5. The van der Waals surface area contributed by atoms with Crippen molar-refractivity contribution in [2.24, 2.45) is 0 Å². The second-order valence-electron chi connectivity index (χ2n) is 8.14. The molecule has 0 saturated carbocycles. The van der Waals surface area contributed by atoms with Crippen LogP contribution in [0.2, 0.25) is 0 Å². The molecule has 0 spiro atoms. The Morgan fingerprint density at radius 3 is 1.39 bits per heavy atom. The van der Waals surface area contributed by atoms with Crippen LogP contribution in [-0.2, 0) is 19.4 Å². The molecule has 230 valence electrons. The zero-order valence-corrected chi connectivity index (χ0v) is 20.8. The van der Waals surface area contributed by atoms with E-state index in [-0.39, 0.29) is 17.4 Å². The topological polar surface area (TPSA) is 95.5 Å². The molecule has 38 heavy (non-hydrogen) atoms. The standard InChI is InChI=1S/C14H15ClF14N2O.CH4O4S/c1-31(2,3)6-4-5-30-7(32)8(16,17)9(18,19)10(20,21)11(22,23)12(24,25)13(26,27)14(15,28)29;1-5-6(2,3)4/h4-6H2,1-3H3;1H3,(H,2,3,4). The highest BCUT2D eigenvalue weighted by Gasteiger charge is 2.93. The van der Waals surface area contributed by atoms with Crippen LogP contribution in [0.25, 0.3) is 0 Å². The van der Waals surface area contributed by atoms with Gasteiger partial charge in [0.25, 0.3) is 5.91 Å². The van der Waals surface area contributed by atoms with Gasteiger partial charge in [0.15, 0.2) is 0 Å². The van der Waals surface area contributed by atoms with Gasteiger partial charge in [-0.25, -0.2) is 8.42 Å². The second kappa shape index (κ2) is 11.6. The summed E-state index contributed by atoms with van der Waals surface area (Å²) in [5.74, 6) is -50.1. The number of rotatable bonds is 12. The van der Waals surface area contributed by atoms with Gasteiger partial charge < -0.3 is 14.4 Å². The van der Waals surface area contributed by atoms with Crippen molar-refractivity contribution in [1.29, 1.82) is 0 Å². The fourth-order valence-corrected chi connectivity index (χ4v) is 2.09. The third kappa shape index (κ3) is 8.07. The number of quaternary nitrogens is 1. The number of carbonyl (C=O) groups excluding carboxylic acids is 1. The summed E-state index contributed by atoms with van der Waals surface area (Å²) in [6.07, 6.45) is -0.238. The molecule has 0 fully saturated rings. The lowest BCUT2D eigenvalue weighted by atomic mass is 9.91. The lowest BCUT2D eigenvalue weighted by Crippen LogP contribution is -2.73. The highest BCUT2D eigenvalue weighted by molar-refractivity contribution is 7.80. The maximum atomic E-state index is 13.6. The van der Waals surface area contributed by atoms with Crippen molar-refractivity contribution in [3.05, 3.63) is 0 Å². The Hall–Kier alpha value is -1.39. The van der Waals surface area contributed by atoms with Gasteiger partial charge >= 0.3 is 40.9 Å². The molecule has 0 saturated heterocycles. The van der Waals surface area contributed by atoms with E-state index in [2.05, 4.69) is 15.8 Å². The summed E-state index contributed by atoms with van der Waals surface area (Å²) in [6, 6.07) is 0. The van der Waals surface area contributed by atoms with Gasteiger partial charge in [-0.3, -0.25) is 8.98 Å². The molecule has 23 heteroatoms. The second-order valence-corrected chi connectivity index (χ2v) is 9.77. The number of nitrogens with zero attached hydrogens (tertiary/aromatic N) is 1. The molecule has 7 nitrogen and oxygen atoms in total. The SMILES string of the molecule is COS(=O)(=O)[O-].C[N+](C)(C)CCCNC(=O)C(F)(F)C(F)(F)C(F)(F)C(F)(F)C(F)(F)C(F)(F)C(F)(F)Cl. The van der Waals surface area contributed by atoms with Crippen LogP contribution in [0, 0.1) is 0 Å². The summed E-state index contributed by atoms with van der Waals surface area (Å²) in [5.41, 5.74) is 0. The predicted molar refractivity (Wildman–Crippen MR) is 97.7 cm³/mol. The van der Waals surface area contributed by atoms with E-state index in [9.17, 15) is 79.2 Å². The molecule has 0 unspecified atom stereocenters. The first-order valence-corrected chi connectivity index (χ1v) is 10.8. The van der Waals surface area contributed by atoms with Crippen LogP contribution in [0.4, 0.5) is 61.5 Å². The largest absolute Gasteiger partial charge is 0.726 e. The Balaban J connectivity index is 0. The van der Waals surface area contributed by atoms with E-state index in [4.69, 9.17) is 0 Å². The molecule has 0 bridgehead atoms. The first-order chi connectivity index (χ1) is 16.2. The van der Waals surface area contributed by atoms with Crippen molar-refractivity contribution < 1.29 is 87.9 Å². The van der Waals surface area contributed by atoms with Gasteiger partial charge in [-0.1, -0.05) is 0 Å². The van der Waals surface area contributed by atoms with E-state index in [0.29, 0.717) is 0 Å². The number of nitrogens with one attached hydrogen (secondary N) is 1. The Kier molecular flexibility index (Phi) is 11.8. The van der Waals surface area contributed by atoms with Crippen LogP contribution < -0.4 is 5.32 Å². The predicted octanol–water partition coefficient (Wildman–Crippen LogP) is 3.94. The number of alkyl halides is 15. The maximum absolute atomic E-state index is 13.6. The van der Waals surface area contributed by atoms with Gasteiger partial charge in [-0.2, -0.15) is 61.5 Å². The third-order valence-electron chi connectivity index (χ3n) is 4.11. The first-order valence-electron chi connectivity index (χ1n) is 9.13. The first kappa shape index (κ1) is 38.8. The third-order valence-corrected chi connectivity index (χ3v) is 4.75. The van der Waals surface area contributed by atoms with Crippen LogP contribution >= 0.6 is 11.6 Å². The van der Waals surface area contributed by atoms with Crippen molar-refractivity contribution >= 4 is 27.9 Å². The molecule has 0 aromatic heterocycles. The Bertz CT molecular complexity index is 920. The van der Waals surface area contributed by atoms with Gasteiger partial charge in [0.1, 0.15) is 0 Å². The average Bonchev–Trinajstić information content (AvgIpc) is 2.68. The highest BCUT2D eigenvalue weighted by Crippen LogP contribution is 2.62. The fourth-order valence-electron chi connectivity index (χ4n) is 1.98. The van der Waals surface area contributed by atoms with E-state index >= 15 is 0 Å². The molecular weight excluding hydrogens is 622 g/mol. The monoisotopic (exact) mass is 640 g/mol. The van der Waals surface area contributed by atoms with Crippen molar-refractivity contribution in [2.45, 2.75) is 47.3 Å². The molecule has 0 aromatic rings. The van der Waals surface area contributed by atoms with E-state index in [1.54, 1.807) is 21.1 Å².